The van der Waals surface area contributed by atoms with E-state index in [9.17, 15) is 4.39 Å². The van der Waals surface area contributed by atoms with Gasteiger partial charge in [0.25, 0.3) is 0 Å². The second-order valence-electron chi connectivity index (χ2n) is 5.51. The third-order valence-electron chi connectivity index (χ3n) is 4.32. The second-order valence-corrected chi connectivity index (χ2v) is 6.32. The molecule has 2 aromatic rings. The van der Waals surface area contributed by atoms with E-state index < -0.39 is 0 Å². The van der Waals surface area contributed by atoms with Crippen LogP contribution in [0.3, 0.4) is 0 Å². The molecule has 2 atom stereocenters. The van der Waals surface area contributed by atoms with Crippen molar-refractivity contribution in [3.63, 3.8) is 0 Å². The summed E-state index contributed by atoms with van der Waals surface area (Å²) in [5, 5.41) is 4.81. The molecule has 2 fully saturated rings. The maximum absolute atomic E-state index is 13.2. The number of hydrogen-bond acceptors (Lipinski definition) is 3. The van der Waals surface area contributed by atoms with Crippen molar-refractivity contribution in [3.8, 4) is 0 Å². The number of fused-ring (bicyclic) bond motifs is 3. The molecule has 3 heterocycles. The molecule has 2 aliphatic heterocycles. The highest BCUT2D eigenvalue weighted by molar-refractivity contribution is 7.13. The standard InChI is InChI=1S/C14H15FN2S/c15-9-1-4-12-13(7-9)18-17-14(12)8-5-10-2-3-11(6-8)16-10/h1,4,7-8,10-11,16H,2-3,5-6H2. The number of halogens is 1. The highest BCUT2D eigenvalue weighted by Gasteiger charge is 2.35. The van der Waals surface area contributed by atoms with Gasteiger partial charge in [-0.25, -0.2) is 4.39 Å². The lowest BCUT2D eigenvalue weighted by atomic mass is 9.88. The van der Waals surface area contributed by atoms with Crippen molar-refractivity contribution < 1.29 is 4.39 Å². The van der Waals surface area contributed by atoms with Crippen LogP contribution in [0.2, 0.25) is 0 Å². The van der Waals surface area contributed by atoms with Crippen LogP contribution in [-0.2, 0) is 0 Å². The van der Waals surface area contributed by atoms with Gasteiger partial charge in [0.1, 0.15) is 5.82 Å². The van der Waals surface area contributed by atoms with E-state index in [1.807, 2.05) is 6.07 Å². The van der Waals surface area contributed by atoms with Crippen LogP contribution >= 0.6 is 11.5 Å². The molecule has 94 valence electrons. The van der Waals surface area contributed by atoms with Crippen molar-refractivity contribution >= 4 is 21.6 Å². The number of rotatable bonds is 1. The summed E-state index contributed by atoms with van der Waals surface area (Å²) in [5.74, 6) is 0.394. The van der Waals surface area contributed by atoms with Gasteiger partial charge in [-0.2, -0.15) is 4.37 Å². The molecule has 2 saturated heterocycles. The van der Waals surface area contributed by atoms with Crippen LogP contribution in [0.15, 0.2) is 18.2 Å². The first kappa shape index (κ1) is 10.9. The second kappa shape index (κ2) is 4.00. The lowest BCUT2D eigenvalue weighted by Crippen LogP contribution is -2.37. The fourth-order valence-corrected chi connectivity index (χ4v) is 4.39. The zero-order valence-corrected chi connectivity index (χ0v) is 10.8. The Balaban J connectivity index is 1.74. The molecule has 0 aliphatic carbocycles. The van der Waals surface area contributed by atoms with E-state index in [1.54, 1.807) is 12.1 Å². The minimum atomic E-state index is -0.164. The summed E-state index contributed by atoms with van der Waals surface area (Å²) in [6.45, 7) is 0. The van der Waals surface area contributed by atoms with Gasteiger partial charge in [-0.05, 0) is 55.4 Å². The molecule has 2 nitrogen and oxygen atoms in total. The predicted molar refractivity (Wildman–Crippen MR) is 71.5 cm³/mol. The van der Waals surface area contributed by atoms with Crippen molar-refractivity contribution in [1.82, 2.24) is 9.69 Å². The zero-order valence-electron chi connectivity index (χ0n) is 10.0. The summed E-state index contributed by atoms with van der Waals surface area (Å²) in [6.07, 6.45) is 4.98. The van der Waals surface area contributed by atoms with Crippen LogP contribution in [0.25, 0.3) is 10.1 Å². The minimum Gasteiger partial charge on any atom is -0.311 e. The van der Waals surface area contributed by atoms with Gasteiger partial charge in [0, 0.05) is 23.4 Å². The van der Waals surface area contributed by atoms with E-state index in [1.165, 1.54) is 42.9 Å². The molecule has 0 radical (unpaired) electrons. The number of benzene rings is 1. The van der Waals surface area contributed by atoms with E-state index in [2.05, 4.69) is 9.69 Å². The molecule has 2 bridgehead atoms. The van der Waals surface area contributed by atoms with E-state index in [-0.39, 0.29) is 5.82 Å². The number of nitrogens with one attached hydrogen (secondary N) is 1. The number of piperidine rings is 1. The molecule has 2 unspecified atom stereocenters. The normalized spacial score (nSPS) is 31.1. The molecule has 1 aromatic heterocycles. The maximum atomic E-state index is 13.2. The minimum absolute atomic E-state index is 0.164. The predicted octanol–water partition coefficient (Wildman–Crippen LogP) is 3.43. The Bertz CT molecular complexity index is 582. The van der Waals surface area contributed by atoms with E-state index in [4.69, 9.17) is 0 Å². The first-order valence-corrected chi connectivity index (χ1v) is 7.38. The van der Waals surface area contributed by atoms with Gasteiger partial charge in [0.15, 0.2) is 0 Å². The number of hydrogen-bond donors (Lipinski definition) is 1. The van der Waals surface area contributed by atoms with Gasteiger partial charge in [-0.1, -0.05) is 0 Å². The SMILES string of the molecule is Fc1ccc2c(C3CC4CCC(C3)N4)nsc2c1. The number of nitrogens with zero attached hydrogens (tertiary/aromatic N) is 1. The van der Waals surface area contributed by atoms with Gasteiger partial charge >= 0.3 is 0 Å². The lowest BCUT2D eigenvalue weighted by molar-refractivity contribution is 0.361. The van der Waals surface area contributed by atoms with Crippen LogP contribution in [-0.4, -0.2) is 16.5 Å². The lowest BCUT2D eigenvalue weighted by Gasteiger charge is -2.28. The van der Waals surface area contributed by atoms with Crippen LogP contribution in [0.5, 0.6) is 0 Å². The molecular weight excluding hydrogens is 247 g/mol. The molecule has 4 heteroatoms. The molecule has 0 saturated carbocycles. The molecule has 18 heavy (non-hydrogen) atoms. The Hall–Kier alpha value is -1.00. The van der Waals surface area contributed by atoms with Crippen LogP contribution < -0.4 is 5.32 Å². The summed E-state index contributed by atoms with van der Waals surface area (Å²) in [7, 11) is 0. The highest BCUT2D eigenvalue weighted by atomic mass is 32.1. The third kappa shape index (κ3) is 1.67. The van der Waals surface area contributed by atoms with E-state index in [0.717, 1.165) is 10.1 Å². The Morgan fingerprint density at radius 1 is 1.22 bits per heavy atom. The highest BCUT2D eigenvalue weighted by Crippen LogP contribution is 2.40. The van der Waals surface area contributed by atoms with Crippen LogP contribution in [0, 0.1) is 5.82 Å². The Labute approximate surface area is 109 Å². The van der Waals surface area contributed by atoms with Crippen molar-refractivity contribution in [3.05, 3.63) is 29.7 Å². The molecule has 4 rings (SSSR count). The Morgan fingerprint density at radius 3 is 2.78 bits per heavy atom. The van der Waals surface area contributed by atoms with Crippen LogP contribution in [0.1, 0.15) is 37.3 Å². The van der Waals surface area contributed by atoms with Gasteiger partial charge in [-0.3, -0.25) is 0 Å². The first-order chi connectivity index (χ1) is 8.79. The topological polar surface area (TPSA) is 24.9 Å². The first-order valence-electron chi connectivity index (χ1n) is 6.60. The molecule has 2 aliphatic rings. The van der Waals surface area contributed by atoms with Crippen LogP contribution in [0.4, 0.5) is 4.39 Å². The Morgan fingerprint density at radius 2 is 2.00 bits per heavy atom. The van der Waals surface area contributed by atoms with Gasteiger partial charge in [-0.15, -0.1) is 0 Å². The van der Waals surface area contributed by atoms with Gasteiger partial charge in [0.2, 0.25) is 0 Å². The van der Waals surface area contributed by atoms with Crippen molar-refractivity contribution in [2.75, 3.05) is 0 Å². The average molecular weight is 262 g/mol. The van der Waals surface area contributed by atoms with Gasteiger partial charge in [0.05, 0.1) is 10.4 Å². The molecule has 0 amide bonds. The van der Waals surface area contributed by atoms with Crippen molar-refractivity contribution in [2.45, 2.75) is 43.7 Å². The third-order valence-corrected chi connectivity index (χ3v) is 5.14. The maximum Gasteiger partial charge on any atom is 0.124 e. The zero-order chi connectivity index (χ0) is 12.1. The summed E-state index contributed by atoms with van der Waals surface area (Å²) in [4.78, 5) is 0. The summed E-state index contributed by atoms with van der Waals surface area (Å²) >= 11 is 1.43. The fourth-order valence-electron chi connectivity index (χ4n) is 3.51. The molecule has 1 N–H and O–H groups in total. The van der Waals surface area contributed by atoms with Gasteiger partial charge < -0.3 is 5.32 Å². The number of aromatic nitrogens is 1. The monoisotopic (exact) mass is 262 g/mol. The summed E-state index contributed by atoms with van der Waals surface area (Å²) in [5.41, 5.74) is 1.20. The Kier molecular flexibility index (Phi) is 2.42. The molecule has 1 aromatic carbocycles. The molecule has 0 spiro atoms. The quantitative estimate of drug-likeness (QED) is 0.851. The van der Waals surface area contributed by atoms with E-state index in [0.29, 0.717) is 18.0 Å². The van der Waals surface area contributed by atoms with E-state index >= 15 is 0 Å². The summed E-state index contributed by atoms with van der Waals surface area (Å²) in [6, 6.07) is 6.40. The smallest absolute Gasteiger partial charge is 0.124 e. The van der Waals surface area contributed by atoms with Crippen molar-refractivity contribution in [1.29, 1.82) is 0 Å². The molecular formula is C14H15FN2S. The average Bonchev–Trinajstić information content (AvgIpc) is 2.92. The largest absolute Gasteiger partial charge is 0.311 e. The van der Waals surface area contributed by atoms with Crippen molar-refractivity contribution in [2.24, 2.45) is 0 Å². The summed E-state index contributed by atoms with van der Waals surface area (Å²) < 4.78 is 18.8. The fraction of sp³-hybridized carbons (Fsp3) is 0.500.